The van der Waals surface area contributed by atoms with Crippen molar-refractivity contribution >= 4 is 17.8 Å². The third-order valence-electron chi connectivity index (χ3n) is 6.71. The summed E-state index contributed by atoms with van der Waals surface area (Å²) in [6, 6.07) is -0.0270. The molecule has 0 aromatic carbocycles. The van der Waals surface area contributed by atoms with Crippen LogP contribution >= 0.6 is 0 Å². The van der Waals surface area contributed by atoms with Gasteiger partial charge in [0.1, 0.15) is 0 Å². The number of aliphatic carboxylic acids is 1. The van der Waals surface area contributed by atoms with Crippen molar-refractivity contribution in [3.05, 3.63) is 0 Å². The van der Waals surface area contributed by atoms with Gasteiger partial charge in [0.2, 0.25) is 5.91 Å². The number of carbonyl (C=O) groups is 3. The van der Waals surface area contributed by atoms with Crippen LogP contribution in [0.15, 0.2) is 0 Å². The van der Waals surface area contributed by atoms with Gasteiger partial charge in [0.15, 0.2) is 0 Å². The Labute approximate surface area is 195 Å². The molecule has 32 heavy (non-hydrogen) atoms. The second-order valence-electron chi connectivity index (χ2n) is 9.51. The molecule has 6 nitrogen and oxygen atoms in total. The molecule has 1 heterocycles. The van der Waals surface area contributed by atoms with Gasteiger partial charge in [-0.15, -0.1) is 0 Å². The zero-order valence-corrected chi connectivity index (χ0v) is 20.8. The normalized spacial score (nSPS) is 16.7. The van der Waals surface area contributed by atoms with Gasteiger partial charge in [0.25, 0.3) is 0 Å². The van der Waals surface area contributed by atoms with E-state index in [-0.39, 0.29) is 24.3 Å². The Bertz CT molecular complexity index is 550. The minimum Gasteiger partial charge on any atom is -0.481 e. The van der Waals surface area contributed by atoms with Crippen LogP contribution in [0.25, 0.3) is 0 Å². The fourth-order valence-electron chi connectivity index (χ4n) is 4.59. The predicted molar refractivity (Wildman–Crippen MR) is 127 cm³/mol. The third-order valence-corrected chi connectivity index (χ3v) is 6.71. The largest absolute Gasteiger partial charge is 0.481 e. The average molecular weight is 454 g/mol. The van der Waals surface area contributed by atoms with Gasteiger partial charge in [-0.25, -0.2) is 0 Å². The number of nitrogens with zero attached hydrogens (tertiary/aromatic N) is 1. The van der Waals surface area contributed by atoms with Gasteiger partial charge < -0.3 is 14.7 Å². The van der Waals surface area contributed by atoms with E-state index in [4.69, 9.17) is 4.74 Å². The maximum absolute atomic E-state index is 12.8. The van der Waals surface area contributed by atoms with Crippen LogP contribution in [0.2, 0.25) is 0 Å². The standard InChI is InChI=1S/C26H47NO5/c1-4-6-7-8-9-10-11-12-13-14-18-32-26(31)22(19-21(3)25(29)30)20-23(5-2)27-17-15-16-24(27)28/h21-23H,4-20H2,1-3H3,(H,29,30). The second kappa shape index (κ2) is 17.0. The molecule has 186 valence electrons. The summed E-state index contributed by atoms with van der Waals surface area (Å²) in [6.07, 6.45) is 15.1. The van der Waals surface area contributed by atoms with Crippen molar-refractivity contribution in [2.45, 2.75) is 123 Å². The topological polar surface area (TPSA) is 83.9 Å². The number of rotatable bonds is 19. The smallest absolute Gasteiger partial charge is 0.309 e. The number of likely N-dealkylation sites (tertiary alicyclic amines) is 1. The monoisotopic (exact) mass is 453 g/mol. The average Bonchev–Trinajstić information content (AvgIpc) is 3.20. The Morgan fingerprint density at radius 1 is 0.969 bits per heavy atom. The molecule has 1 N–H and O–H groups in total. The highest BCUT2D eigenvalue weighted by Gasteiger charge is 2.33. The molecule has 1 aliphatic heterocycles. The van der Waals surface area contributed by atoms with Gasteiger partial charge in [0.05, 0.1) is 18.4 Å². The highest BCUT2D eigenvalue weighted by molar-refractivity contribution is 5.79. The summed E-state index contributed by atoms with van der Waals surface area (Å²) < 4.78 is 5.56. The van der Waals surface area contributed by atoms with Gasteiger partial charge in [-0.1, -0.05) is 78.6 Å². The summed E-state index contributed by atoms with van der Waals surface area (Å²) in [6.45, 7) is 7.01. The molecule has 1 fully saturated rings. The number of unbranched alkanes of at least 4 members (excludes halogenated alkanes) is 9. The zero-order valence-electron chi connectivity index (χ0n) is 20.8. The van der Waals surface area contributed by atoms with Crippen LogP contribution in [0, 0.1) is 11.8 Å². The number of carboxylic acid groups (broad SMARTS) is 1. The fraction of sp³-hybridized carbons (Fsp3) is 0.885. The molecular formula is C26H47NO5. The lowest BCUT2D eigenvalue weighted by Crippen LogP contribution is -2.39. The SMILES string of the molecule is CCCCCCCCCCCCOC(=O)C(CC(C)C(=O)O)CC(CC)N1CCCC1=O. The van der Waals surface area contributed by atoms with E-state index in [1.54, 1.807) is 6.92 Å². The van der Waals surface area contributed by atoms with Crippen LogP contribution in [0.4, 0.5) is 0 Å². The molecule has 1 amide bonds. The predicted octanol–water partition coefficient (Wildman–Crippen LogP) is 5.97. The van der Waals surface area contributed by atoms with E-state index in [1.807, 2.05) is 11.8 Å². The summed E-state index contributed by atoms with van der Waals surface area (Å²) in [5, 5.41) is 9.32. The van der Waals surface area contributed by atoms with Crippen LogP contribution in [-0.4, -0.2) is 47.0 Å². The first kappa shape index (κ1) is 28.4. The zero-order chi connectivity index (χ0) is 23.8. The number of hydrogen-bond acceptors (Lipinski definition) is 4. The van der Waals surface area contributed by atoms with Crippen molar-refractivity contribution in [1.82, 2.24) is 4.90 Å². The molecule has 0 bridgehead atoms. The Morgan fingerprint density at radius 2 is 1.56 bits per heavy atom. The summed E-state index contributed by atoms with van der Waals surface area (Å²) in [7, 11) is 0. The Morgan fingerprint density at radius 3 is 2.06 bits per heavy atom. The van der Waals surface area contributed by atoms with Crippen LogP contribution < -0.4 is 0 Å². The number of hydrogen-bond donors (Lipinski definition) is 1. The lowest BCUT2D eigenvalue weighted by molar-refractivity contribution is -0.152. The summed E-state index contributed by atoms with van der Waals surface area (Å²) in [5.41, 5.74) is 0. The molecule has 0 spiro atoms. The van der Waals surface area contributed by atoms with Crippen molar-refractivity contribution in [3.63, 3.8) is 0 Å². The maximum atomic E-state index is 12.8. The van der Waals surface area contributed by atoms with Crippen LogP contribution in [0.1, 0.15) is 117 Å². The summed E-state index contributed by atoms with van der Waals surface area (Å²) >= 11 is 0. The first-order valence-electron chi connectivity index (χ1n) is 13.1. The summed E-state index contributed by atoms with van der Waals surface area (Å²) in [5.74, 6) is -2.17. The minimum atomic E-state index is -0.900. The quantitative estimate of drug-likeness (QED) is 0.192. The molecule has 0 radical (unpaired) electrons. The first-order chi connectivity index (χ1) is 15.4. The van der Waals surface area contributed by atoms with Gasteiger partial charge >= 0.3 is 11.9 Å². The summed E-state index contributed by atoms with van der Waals surface area (Å²) in [4.78, 5) is 38.2. The van der Waals surface area contributed by atoms with Gasteiger partial charge in [-0.05, 0) is 32.1 Å². The number of esters is 1. The minimum absolute atomic E-state index is 0.0270. The Balaban J connectivity index is 2.39. The number of carboxylic acids is 1. The molecule has 1 rings (SSSR count). The second-order valence-corrected chi connectivity index (χ2v) is 9.51. The molecule has 3 unspecified atom stereocenters. The molecule has 0 aromatic heterocycles. The van der Waals surface area contributed by atoms with Gasteiger partial charge in [0, 0.05) is 19.0 Å². The molecular weight excluding hydrogens is 406 g/mol. The van der Waals surface area contributed by atoms with Crippen LogP contribution in [0.3, 0.4) is 0 Å². The Hall–Kier alpha value is -1.59. The molecule has 6 heteroatoms. The third kappa shape index (κ3) is 11.3. The van der Waals surface area contributed by atoms with Gasteiger partial charge in [-0.3, -0.25) is 14.4 Å². The highest BCUT2D eigenvalue weighted by atomic mass is 16.5. The van der Waals surface area contributed by atoms with Crippen molar-refractivity contribution in [1.29, 1.82) is 0 Å². The lowest BCUT2D eigenvalue weighted by Gasteiger charge is -2.30. The molecule has 0 aromatic rings. The van der Waals surface area contributed by atoms with Crippen molar-refractivity contribution in [2.24, 2.45) is 11.8 Å². The number of amides is 1. The fourth-order valence-corrected chi connectivity index (χ4v) is 4.59. The molecule has 0 aliphatic carbocycles. The first-order valence-corrected chi connectivity index (χ1v) is 13.1. The maximum Gasteiger partial charge on any atom is 0.309 e. The Kier molecular flexibility index (Phi) is 15.1. The lowest BCUT2D eigenvalue weighted by atomic mass is 9.89. The van der Waals surface area contributed by atoms with Crippen LogP contribution in [0.5, 0.6) is 0 Å². The van der Waals surface area contributed by atoms with Gasteiger partial charge in [-0.2, -0.15) is 0 Å². The highest BCUT2D eigenvalue weighted by Crippen LogP contribution is 2.26. The molecule has 1 aliphatic rings. The van der Waals surface area contributed by atoms with E-state index in [9.17, 15) is 19.5 Å². The van der Waals surface area contributed by atoms with E-state index in [1.165, 1.54) is 51.4 Å². The molecule has 3 atom stereocenters. The molecule has 0 saturated carbocycles. The van der Waals surface area contributed by atoms with E-state index >= 15 is 0 Å². The van der Waals surface area contributed by atoms with Crippen molar-refractivity contribution in [2.75, 3.05) is 13.2 Å². The van der Waals surface area contributed by atoms with E-state index in [2.05, 4.69) is 6.92 Å². The van der Waals surface area contributed by atoms with Crippen molar-refractivity contribution < 1.29 is 24.2 Å². The number of ether oxygens (including phenoxy) is 1. The molecule has 1 saturated heterocycles. The van der Waals surface area contributed by atoms with Crippen LogP contribution in [-0.2, 0) is 19.1 Å². The van der Waals surface area contributed by atoms with E-state index in [0.29, 0.717) is 19.4 Å². The van der Waals surface area contributed by atoms with E-state index in [0.717, 1.165) is 32.2 Å². The van der Waals surface area contributed by atoms with Crippen molar-refractivity contribution in [3.8, 4) is 0 Å². The van der Waals surface area contributed by atoms with E-state index < -0.39 is 17.8 Å². The number of carbonyl (C=O) groups excluding carboxylic acids is 2.